The Kier molecular flexibility index (Phi) is 4.49. The molecule has 0 bridgehead atoms. The first kappa shape index (κ1) is 17.7. The zero-order chi connectivity index (χ0) is 19.7. The SMILES string of the molecule is CC(c1nnc(-c2ccc([N+](=O)[O-])cc2)o1)N(C)c1ccc2ccccc2c1. The lowest BCUT2D eigenvalue weighted by atomic mass is 10.1. The van der Waals surface area contributed by atoms with Gasteiger partial charge in [0.05, 0.1) is 4.92 Å². The van der Waals surface area contributed by atoms with Gasteiger partial charge in [0.2, 0.25) is 11.8 Å². The van der Waals surface area contributed by atoms with Crippen molar-refractivity contribution in [2.75, 3.05) is 11.9 Å². The van der Waals surface area contributed by atoms with Crippen LogP contribution in [-0.2, 0) is 0 Å². The second-order valence-electron chi connectivity index (χ2n) is 6.57. The van der Waals surface area contributed by atoms with Crippen molar-refractivity contribution in [1.82, 2.24) is 10.2 Å². The molecule has 0 N–H and O–H groups in total. The van der Waals surface area contributed by atoms with Crippen LogP contribution in [0.2, 0.25) is 0 Å². The molecule has 0 aliphatic rings. The Hall–Kier alpha value is -3.74. The van der Waals surface area contributed by atoms with Crippen molar-refractivity contribution in [3.05, 3.63) is 82.7 Å². The van der Waals surface area contributed by atoms with E-state index in [1.807, 2.05) is 26.1 Å². The van der Waals surface area contributed by atoms with Gasteiger partial charge in [-0.3, -0.25) is 10.1 Å². The van der Waals surface area contributed by atoms with Crippen molar-refractivity contribution in [1.29, 1.82) is 0 Å². The van der Waals surface area contributed by atoms with Gasteiger partial charge >= 0.3 is 0 Å². The Bertz CT molecular complexity index is 1140. The Morgan fingerprint density at radius 3 is 2.43 bits per heavy atom. The molecule has 0 radical (unpaired) electrons. The average molecular weight is 374 g/mol. The summed E-state index contributed by atoms with van der Waals surface area (Å²) in [5.74, 6) is 0.813. The molecule has 1 aromatic heterocycles. The van der Waals surface area contributed by atoms with Crippen molar-refractivity contribution in [3.63, 3.8) is 0 Å². The lowest BCUT2D eigenvalue weighted by Crippen LogP contribution is -2.21. The molecular weight excluding hydrogens is 356 g/mol. The van der Waals surface area contributed by atoms with Gasteiger partial charge in [-0.05, 0) is 42.0 Å². The number of nitro benzene ring substituents is 1. The molecule has 4 aromatic rings. The molecule has 0 aliphatic carbocycles. The van der Waals surface area contributed by atoms with Crippen LogP contribution in [-0.4, -0.2) is 22.2 Å². The van der Waals surface area contributed by atoms with Crippen molar-refractivity contribution in [3.8, 4) is 11.5 Å². The maximum Gasteiger partial charge on any atom is 0.269 e. The number of nitrogens with zero attached hydrogens (tertiary/aromatic N) is 4. The smallest absolute Gasteiger partial charge is 0.269 e. The third kappa shape index (κ3) is 3.29. The second kappa shape index (κ2) is 7.11. The van der Waals surface area contributed by atoms with E-state index in [4.69, 9.17) is 4.42 Å². The molecule has 0 fully saturated rings. The number of anilines is 1. The van der Waals surface area contributed by atoms with Gasteiger partial charge in [0.15, 0.2) is 0 Å². The second-order valence-corrected chi connectivity index (χ2v) is 6.57. The van der Waals surface area contributed by atoms with Gasteiger partial charge in [0.25, 0.3) is 5.69 Å². The van der Waals surface area contributed by atoms with Crippen LogP contribution in [0.4, 0.5) is 11.4 Å². The summed E-state index contributed by atoms with van der Waals surface area (Å²) >= 11 is 0. The maximum absolute atomic E-state index is 10.8. The summed E-state index contributed by atoms with van der Waals surface area (Å²) in [6.07, 6.45) is 0. The largest absolute Gasteiger partial charge is 0.418 e. The predicted molar refractivity (Wildman–Crippen MR) is 107 cm³/mol. The monoisotopic (exact) mass is 374 g/mol. The van der Waals surface area contributed by atoms with Gasteiger partial charge < -0.3 is 9.32 Å². The average Bonchev–Trinajstić information content (AvgIpc) is 3.22. The number of non-ortho nitro benzene ring substituents is 1. The Labute approximate surface area is 161 Å². The number of fused-ring (bicyclic) bond motifs is 1. The van der Waals surface area contributed by atoms with E-state index in [0.29, 0.717) is 17.3 Å². The number of benzene rings is 3. The molecule has 0 amide bonds. The van der Waals surface area contributed by atoms with E-state index in [-0.39, 0.29) is 11.7 Å². The minimum absolute atomic E-state index is 0.0212. The van der Waals surface area contributed by atoms with E-state index < -0.39 is 4.92 Å². The number of aromatic nitrogens is 2. The van der Waals surface area contributed by atoms with Crippen LogP contribution < -0.4 is 4.90 Å². The fourth-order valence-electron chi connectivity index (χ4n) is 3.03. The molecule has 1 unspecified atom stereocenters. The summed E-state index contributed by atoms with van der Waals surface area (Å²) < 4.78 is 5.83. The zero-order valence-electron chi connectivity index (χ0n) is 15.4. The molecule has 0 saturated carbocycles. The molecule has 7 nitrogen and oxygen atoms in total. The molecule has 140 valence electrons. The summed E-state index contributed by atoms with van der Waals surface area (Å²) in [5.41, 5.74) is 1.71. The van der Waals surface area contributed by atoms with Crippen LogP contribution in [0.15, 0.2) is 71.1 Å². The molecular formula is C21H18N4O3. The summed E-state index contributed by atoms with van der Waals surface area (Å²) in [6.45, 7) is 1.99. The number of nitro groups is 1. The molecule has 0 spiro atoms. The van der Waals surface area contributed by atoms with Gasteiger partial charge in [-0.2, -0.15) is 0 Å². The molecule has 3 aromatic carbocycles. The summed E-state index contributed by atoms with van der Waals surface area (Å²) in [6, 6.07) is 20.4. The van der Waals surface area contributed by atoms with Crippen LogP contribution in [0.25, 0.3) is 22.2 Å². The fraction of sp³-hybridized carbons (Fsp3) is 0.143. The zero-order valence-corrected chi connectivity index (χ0v) is 15.4. The molecule has 0 saturated heterocycles. The highest BCUT2D eigenvalue weighted by Gasteiger charge is 2.20. The topological polar surface area (TPSA) is 85.3 Å². The first-order valence-electron chi connectivity index (χ1n) is 8.83. The van der Waals surface area contributed by atoms with Crippen LogP contribution >= 0.6 is 0 Å². The minimum Gasteiger partial charge on any atom is -0.418 e. The maximum atomic E-state index is 10.8. The first-order valence-corrected chi connectivity index (χ1v) is 8.83. The van der Waals surface area contributed by atoms with Gasteiger partial charge in [-0.25, -0.2) is 0 Å². The molecule has 1 heterocycles. The van der Waals surface area contributed by atoms with E-state index in [1.165, 1.54) is 17.5 Å². The van der Waals surface area contributed by atoms with E-state index >= 15 is 0 Å². The molecule has 4 rings (SSSR count). The Morgan fingerprint density at radius 1 is 1.00 bits per heavy atom. The van der Waals surface area contributed by atoms with E-state index in [2.05, 4.69) is 45.4 Å². The summed E-state index contributed by atoms with van der Waals surface area (Å²) in [4.78, 5) is 12.4. The van der Waals surface area contributed by atoms with Crippen LogP contribution in [0, 0.1) is 10.1 Å². The Morgan fingerprint density at radius 2 is 1.71 bits per heavy atom. The van der Waals surface area contributed by atoms with E-state index in [0.717, 1.165) is 11.1 Å². The van der Waals surface area contributed by atoms with Gasteiger partial charge in [0.1, 0.15) is 6.04 Å². The van der Waals surface area contributed by atoms with Crippen molar-refractivity contribution >= 4 is 22.1 Å². The van der Waals surface area contributed by atoms with Gasteiger partial charge in [-0.15, -0.1) is 10.2 Å². The predicted octanol–water partition coefficient (Wildman–Crippen LogP) is 5.00. The Balaban J connectivity index is 1.57. The van der Waals surface area contributed by atoms with Crippen LogP contribution in [0.1, 0.15) is 18.9 Å². The highest BCUT2D eigenvalue weighted by Crippen LogP contribution is 2.29. The van der Waals surface area contributed by atoms with E-state index in [1.54, 1.807) is 12.1 Å². The normalized spacial score (nSPS) is 12.1. The number of hydrogen-bond acceptors (Lipinski definition) is 6. The lowest BCUT2D eigenvalue weighted by molar-refractivity contribution is -0.384. The van der Waals surface area contributed by atoms with Gasteiger partial charge in [0, 0.05) is 30.4 Å². The molecule has 28 heavy (non-hydrogen) atoms. The van der Waals surface area contributed by atoms with Crippen LogP contribution in [0.3, 0.4) is 0 Å². The van der Waals surface area contributed by atoms with Crippen molar-refractivity contribution < 1.29 is 9.34 Å². The minimum atomic E-state index is -0.441. The first-order chi connectivity index (χ1) is 13.5. The quantitative estimate of drug-likeness (QED) is 0.361. The van der Waals surface area contributed by atoms with Crippen molar-refractivity contribution in [2.45, 2.75) is 13.0 Å². The summed E-state index contributed by atoms with van der Waals surface area (Å²) in [7, 11) is 1.98. The van der Waals surface area contributed by atoms with E-state index in [9.17, 15) is 10.1 Å². The number of rotatable bonds is 5. The summed E-state index contributed by atoms with van der Waals surface area (Å²) in [5, 5.41) is 21.4. The molecule has 7 heteroatoms. The highest BCUT2D eigenvalue weighted by atomic mass is 16.6. The lowest BCUT2D eigenvalue weighted by Gasteiger charge is -2.24. The molecule has 0 aliphatic heterocycles. The van der Waals surface area contributed by atoms with Gasteiger partial charge in [-0.1, -0.05) is 30.3 Å². The van der Waals surface area contributed by atoms with Crippen molar-refractivity contribution in [2.24, 2.45) is 0 Å². The molecule has 1 atom stereocenters. The third-order valence-electron chi connectivity index (χ3n) is 4.84. The number of hydrogen-bond donors (Lipinski definition) is 0. The van der Waals surface area contributed by atoms with Crippen LogP contribution in [0.5, 0.6) is 0 Å². The standard InChI is InChI=1S/C21H18N4O3/c1-14(24(2)19-12-7-15-5-3-4-6-17(15)13-19)20-22-23-21(28-20)16-8-10-18(11-9-16)25(26)27/h3-14H,1-2H3. The highest BCUT2D eigenvalue weighted by molar-refractivity contribution is 5.85. The fourth-order valence-corrected chi connectivity index (χ4v) is 3.03. The third-order valence-corrected chi connectivity index (χ3v) is 4.84.